The number of aliphatic carboxylic acids is 2. The van der Waals surface area contributed by atoms with Gasteiger partial charge in [0.15, 0.2) is 4.75 Å². The van der Waals surface area contributed by atoms with Gasteiger partial charge in [-0.25, -0.2) is 0 Å². The van der Waals surface area contributed by atoms with Crippen molar-refractivity contribution in [2.75, 3.05) is 0 Å². The van der Waals surface area contributed by atoms with Gasteiger partial charge in [-0.05, 0) is 30.1 Å². The van der Waals surface area contributed by atoms with E-state index < -0.39 is 43.6 Å². The van der Waals surface area contributed by atoms with Crippen LogP contribution in [0.3, 0.4) is 0 Å². The Morgan fingerprint density at radius 1 is 0.900 bits per heavy atom. The molecular weight excluding hydrogens is 430 g/mol. The molecule has 30 heavy (non-hydrogen) atoms. The van der Waals surface area contributed by atoms with Crippen LogP contribution >= 0.6 is 0 Å². The summed E-state index contributed by atoms with van der Waals surface area (Å²) in [7, 11) is -5.37. The van der Waals surface area contributed by atoms with Crippen molar-refractivity contribution in [3.05, 3.63) is 0 Å². The normalized spacial score (nSPS) is 18.5. The zero-order valence-electron chi connectivity index (χ0n) is 20.0. The van der Waals surface area contributed by atoms with Crippen molar-refractivity contribution in [2.45, 2.75) is 97.7 Å². The average molecular weight is 467 g/mol. The van der Waals surface area contributed by atoms with E-state index in [-0.39, 0.29) is 84.8 Å². The largest absolute Gasteiger partial charge is 1.00 e. The zero-order valence-corrected chi connectivity index (χ0v) is 24.9. The second-order valence-electron chi connectivity index (χ2n) is 8.38. The summed E-state index contributed by atoms with van der Waals surface area (Å²) in [6.07, 6.45) is 3.10. The summed E-state index contributed by atoms with van der Waals surface area (Å²) >= 11 is 0. The van der Waals surface area contributed by atoms with E-state index in [1.54, 1.807) is 20.8 Å². The molecular formula is C20H36Na2O7S. The Morgan fingerprint density at radius 3 is 1.60 bits per heavy atom. The average Bonchev–Trinajstić information content (AvgIpc) is 2.60. The van der Waals surface area contributed by atoms with E-state index in [1.807, 2.05) is 13.8 Å². The molecule has 4 atom stereocenters. The molecule has 4 unspecified atom stereocenters. The first kappa shape index (κ1) is 35.4. The first-order valence-corrected chi connectivity index (χ1v) is 11.6. The number of carbonyl (C=O) groups excluding carboxylic acids is 2. The number of unbranched alkanes of at least 4 members (excludes halogenated alkanes) is 2. The van der Waals surface area contributed by atoms with Crippen LogP contribution in [-0.4, -0.2) is 29.7 Å². The minimum Gasteiger partial charge on any atom is -0.550 e. The van der Waals surface area contributed by atoms with Crippen LogP contribution in [0.25, 0.3) is 0 Å². The standard InChI is InChI=1S/C20H38O7S.2Na/c1-7-11-13-18(5,9-3)15(16(21)22)20(17(23)24,28(25,26)27)19(6,10-4)14-12-8-2;;/h15H,7-14H2,1-6H3,(H,21,22)(H,23,24)(H,25,26,27);;/q;2*+1/p-2. The third-order valence-corrected chi connectivity index (χ3v) is 8.43. The number of carboxylic acids is 2. The fourth-order valence-corrected chi connectivity index (χ4v) is 6.28. The van der Waals surface area contributed by atoms with Crippen molar-refractivity contribution < 1.29 is 91.9 Å². The molecule has 0 amide bonds. The monoisotopic (exact) mass is 466 g/mol. The molecule has 10 heteroatoms. The predicted molar refractivity (Wildman–Crippen MR) is 104 cm³/mol. The SMILES string of the molecule is CCCCC(C)(CC)C(C(=O)[O-])C(C(=O)[O-])(C(C)(CC)CCCC)S(=O)(=O)O.[Na+].[Na+]. The fraction of sp³-hybridized carbons (Fsp3) is 0.900. The van der Waals surface area contributed by atoms with E-state index in [4.69, 9.17) is 0 Å². The van der Waals surface area contributed by atoms with Gasteiger partial charge in [-0.3, -0.25) is 4.55 Å². The third-order valence-electron chi connectivity index (χ3n) is 6.72. The van der Waals surface area contributed by atoms with Gasteiger partial charge in [0.1, 0.15) is 0 Å². The molecule has 0 spiro atoms. The molecule has 0 fully saturated rings. The van der Waals surface area contributed by atoms with E-state index in [2.05, 4.69) is 0 Å². The van der Waals surface area contributed by atoms with Gasteiger partial charge in [0.05, 0.1) is 5.97 Å². The second-order valence-corrected chi connectivity index (χ2v) is 9.97. The topological polar surface area (TPSA) is 135 Å². The number of rotatable bonds is 14. The van der Waals surface area contributed by atoms with Gasteiger partial charge in [-0.1, -0.05) is 73.6 Å². The molecule has 1 N–H and O–H groups in total. The second kappa shape index (κ2) is 14.2. The summed E-state index contributed by atoms with van der Waals surface area (Å²) in [6.45, 7) is 10.0. The van der Waals surface area contributed by atoms with E-state index in [0.29, 0.717) is 19.3 Å². The van der Waals surface area contributed by atoms with E-state index in [1.165, 1.54) is 6.92 Å². The summed E-state index contributed by atoms with van der Waals surface area (Å²) in [4.78, 5) is 24.8. The molecule has 0 saturated carbocycles. The van der Waals surface area contributed by atoms with Crippen LogP contribution in [0, 0.1) is 16.7 Å². The van der Waals surface area contributed by atoms with Crippen LogP contribution in [0.1, 0.15) is 92.9 Å². The summed E-state index contributed by atoms with van der Waals surface area (Å²) in [5.74, 6) is -5.84. The summed E-state index contributed by atoms with van der Waals surface area (Å²) in [5.41, 5.74) is -2.77. The molecule has 166 valence electrons. The van der Waals surface area contributed by atoms with Gasteiger partial charge in [0, 0.05) is 11.9 Å². The Balaban J connectivity index is -0.00000364. The molecule has 0 aliphatic heterocycles. The molecule has 0 saturated heterocycles. The smallest absolute Gasteiger partial charge is 0.550 e. The maximum Gasteiger partial charge on any atom is 1.00 e. The minimum absolute atomic E-state index is 0. The molecule has 0 heterocycles. The molecule has 0 aliphatic carbocycles. The predicted octanol–water partition coefficient (Wildman–Crippen LogP) is -4.05. The number of hydrogen-bond donors (Lipinski definition) is 1. The Kier molecular flexibility index (Phi) is 16.8. The maximum atomic E-state index is 12.7. The Labute approximate surface area is 226 Å². The molecule has 0 rings (SSSR count). The van der Waals surface area contributed by atoms with Crippen LogP contribution in [0.2, 0.25) is 0 Å². The molecule has 0 aromatic carbocycles. The zero-order chi connectivity index (χ0) is 22.4. The molecule has 0 aliphatic rings. The first-order chi connectivity index (χ1) is 12.8. The molecule has 0 radical (unpaired) electrons. The van der Waals surface area contributed by atoms with Crippen molar-refractivity contribution in [3.8, 4) is 0 Å². The summed E-state index contributed by atoms with van der Waals surface area (Å²) in [5, 5.41) is 24.8. The van der Waals surface area contributed by atoms with Crippen LogP contribution < -0.4 is 69.3 Å². The van der Waals surface area contributed by atoms with Gasteiger partial charge in [0.2, 0.25) is 0 Å². The minimum atomic E-state index is -5.37. The van der Waals surface area contributed by atoms with Crippen molar-refractivity contribution in [2.24, 2.45) is 16.7 Å². The molecule has 0 aromatic rings. The molecule has 0 bridgehead atoms. The molecule has 7 nitrogen and oxygen atoms in total. The quantitative estimate of drug-likeness (QED) is 0.203. The van der Waals surface area contributed by atoms with Crippen molar-refractivity contribution in [1.29, 1.82) is 0 Å². The van der Waals surface area contributed by atoms with E-state index >= 15 is 0 Å². The van der Waals surface area contributed by atoms with Crippen LogP contribution in [0.4, 0.5) is 0 Å². The van der Waals surface area contributed by atoms with Crippen molar-refractivity contribution in [1.82, 2.24) is 0 Å². The van der Waals surface area contributed by atoms with Crippen molar-refractivity contribution in [3.63, 3.8) is 0 Å². The van der Waals surface area contributed by atoms with Gasteiger partial charge >= 0.3 is 59.1 Å². The van der Waals surface area contributed by atoms with Gasteiger partial charge in [-0.15, -0.1) is 0 Å². The summed E-state index contributed by atoms with van der Waals surface area (Å²) in [6, 6.07) is 0. The van der Waals surface area contributed by atoms with E-state index in [9.17, 15) is 32.8 Å². The number of hydrogen-bond acceptors (Lipinski definition) is 6. The van der Waals surface area contributed by atoms with Gasteiger partial charge in [0.25, 0.3) is 10.1 Å². The van der Waals surface area contributed by atoms with Crippen LogP contribution in [0.15, 0.2) is 0 Å². The Morgan fingerprint density at radius 2 is 1.33 bits per heavy atom. The van der Waals surface area contributed by atoms with Gasteiger partial charge < -0.3 is 19.8 Å². The summed E-state index contributed by atoms with van der Waals surface area (Å²) < 4.78 is 32.6. The van der Waals surface area contributed by atoms with Gasteiger partial charge in [-0.2, -0.15) is 8.42 Å². The van der Waals surface area contributed by atoms with Crippen molar-refractivity contribution >= 4 is 22.1 Å². The number of carbonyl (C=O) groups is 2. The van der Waals surface area contributed by atoms with E-state index in [0.717, 1.165) is 6.42 Å². The number of carboxylic acid groups (broad SMARTS) is 2. The Bertz CT molecular complexity index is 656. The van der Waals surface area contributed by atoms with Crippen LogP contribution in [0.5, 0.6) is 0 Å². The third kappa shape index (κ3) is 6.92. The first-order valence-electron chi connectivity index (χ1n) is 10.1. The fourth-order valence-electron chi connectivity index (χ4n) is 4.52. The van der Waals surface area contributed by atoms with Crippen LogP contribution in [-0.2, 0) is 19.7 Å². The molecule has 0 aromatic heterocycles. The Hall–Kier alpha value is 0.850. The maximum absolute atomic E-state index is 12.7.